The Bertz CT molecular complexity index is 140. The molecule has 0 amide bonds. The van der Waals surface area contributed by atoms with Gasteiger partial charge in [0.1, 0.15) is 5.78 Å². The second kappa shape index (κ2) is 11.4. The van der Waals surface area contributed by atoms with E-state index >= 15 is 0 Å². The van der Waals surface area contributed by atoms with Crippen molar-refractivity contribution in [2.24, 2.45) is 11.8 Å². The van der Waals surface area contributed by atoms with Gasteiger partial charge in [-0.2, -0.15) is 12.3 Å². The maximum atomic E-state index is 11.3. The first-order chi connectivity index (χ1) is 5.20. The molecule has 78 valence electrons. The molecule has 3 heteroatoms. The average Bonchev–Trinajstić information content (AvgIpc) is 2.39. The van der Waals surface area contributed by atoms with E-state index in [2.05, 4.69) is 6.42 Å². The van der Waals surface area contributed by atoms with Crippen molar-refractivity contribution in [3.63, 3.8) is 0 Å². The molecule has 2 radical (unpaired) electrons. The number of ketones is 1. The number of carbonyl (C=O) groups excluding carboxylic acids is 1. The number of rotatable bonds is 3. The molecule has 0 saturated heterocycles. The molecule has 0 bridgehead atoms. The molecule has 0 aromatic heterocycles. The summed E-state index contributed by atoms with van der Waals surface area (Å²) in [6, 6.07) is 0. The van der Waals surface area contributed by atoms with E-state index in [1.165, 1.54) is 19.3 Å². The molecular weight excluding hydrogens is 326 g/mol. The van der Waals surface area contributed by atoms with Crippen LogP contribution in [-0.4, -0.2) is 5.78 Å². The molecule has 1 fully saturated rings. The summed E-state index contributed by atoms with van der Waals surface area (Å²) in [5, 5.41) is 0. The molecule has 1 aliphatic carbocycles. The van der Waals surface area contributed by atoms with Crippen molar-refractivity contribution in [1.29, 1.82) is 0 Å². The van der Waals surface area contributed by atoms with Crippen LogP contribution in [0.25, 0.3) is 0 Å². The Morgan fingerprint density at radius 2 is 2.00 bits per heavy atom. The van der Waals surface area contributed by atoms with Crippen molar-refractivity contribution in [3.05, 3.63) is 13.8 Å². The molecule has 1 rings (SSSR count). The Balaban J connectivity index is -0.000000403. The van der Waals surface area contributed by atoms with Gasteiger partial charge in [-0.25, -0.2) is 0 Å². The molecule has 1 saturated carbocycles. The molecule has 1 atom stereocenters. The van der Waals surface area contributed by atoms with Crippen molar-refractivity contribution >= 4 is 5.78 Å². The van der Waals surface area contributed by atoms with Gasteiger partial charge in [0.25, 0.3) is 0 Å². The first kappa shape index (κ1) is 21.2. The average molecular weight is 346 g/mol. The van der Waals surface area contributed by atoms with Gasteiger partial charge in [-0.15, -0.1) is 0 Å². The SMILES string of the molecule is CC(C)C(=O)CC1[CH-]CCC1.[CH3-].[Y].[Y]. The van der Waals surface area contributed by atoms with E-state index in [1.54, 1.807) is 0 Å². The van der Waals surface area contributed by atoms with E-state index in [1.807, 2.05) is 13.8 Å². The topological polar surface area (TPSA) is 17.1 Å². The molecule has 1 aliphatic rings. The first-order valence-electron chi connectivity index (χ1n) is 4.56. The van der Waals surface area contributed by atoms with Gasteiger partial charge >= 0.3 is 0 Å². The molecule has 1 nitrogen and oxygen atoms in total. The van der Waals surface area contributed by atoms with Crippen LogP contribution in [0, 0.1) is 25.7 Å². The van der Waals surface area contributed by atoms with Gasteiger partial charge in [0.2, 0.25) is 0 Å². The molecule has 0 heterocycles. The van der Waals surface area contributed by atoms with E-state index < -0.39 is 0 Å². The first-order valence-corrected chi connectivity index (χ1v) is 4.56. The Morgan fingerprint density at radius 1 is 1.43 bits per heavy atom. The molecular formula is C11H20OY2-2. The largest absolute Gasteiger partial charge is 0.358 e. The molecule has 0 aromatic carbocycles. The molecule has 14 heavy (non-hydrogen) atoms. The van der Waals surface area contributed by atoms with Crippen LogP contribution in [0.4, 0.5) is 0 Å². The van der Waals surface area contributed by atoms with Crippen molar-refractivity contribution in [3.8, 4) is 0 Å². The normalized spacial score (nSPS) is 19.2. The van der Waals surface area contributed by atoms with Crippen LogP contribution >= 0.6 is 0 Å². The Labute approximate surface area is 139 Å². The van der Waals surface area contributed by atoms with Gasteiger partial charge in [0.05, 0.1) is 0 Å². The summed E-state index contributed by atoms with van der Waals surface area (Å²) in [5.74, 6) is 1.25. The third-order valence-corrected chi connectivity index (χ3v) is 2.39. The minimum atomic E-state index is 0. The Hall–Kier alpha value is 1.88. The number of Topliss-reactive ketones (excluding diaryl/α,β-unsaturated/α-hetero) is 1. The number of hydrogen-bond acceptors (Lipinski definition) is 1. The van der Waals surface area contributed by atoms with Gasteiger partial charge in [0, 0.05) is 71.3 Å². The zero-order chi connectivity index (χ0) is 8.27. The van der Waals surface area contributed by atoms with E-state index in [-0.39, 0.29) is 78.8 Å². The van der Waals surface area contributed by atoms with Crippen LogP contribution in [0.5, 0.6) is 0 Å². The van der Waals surface area contributed by atoms with Gasteiger partial charge < -0.3 is 13.8 Å². The predicted octanol–water partition coefficient (Wildman–Crippen LogP) is 3.05. The second-order valence-corrected chi connectivity index (χ2v) is 3.75. The van der Waals surface area contributed by atoms with E-state index in [9.17, 15) is 4.79 Å². The van der Waals surface area contributed by atoms with Gasteiger partial charge in [-0.3, -0.25) is 4.79 Å². The number of carbonyl (C=O) groups is 1. The van der Waals surface area contributed by atoms with Gasteiger partial charge in [-0.1, -0.05) is 26.7 Å². The maximum Gasteiger partial charge on any atom is 0.133 e. The monoisotopic (exact) mass is 346 g/mol. The molecule has 0 spiro atoms. The van der Waals surface area contributed by atoms with Crippen molar-refractivity contribution in [1.82, 2.24) is 0 Å². The third kappa shape index (κ3) is 8.08. The van der Waals surface area contributed by atoms with Crippen LogP contribution in [0.2, 0.25) is 0 Å². The van der Waals surface area contributed by atoms with Crippen molar-refractivity contribution in [2.75, 3.05) is 0 Å². The zero-order valence-corrected chi connectivity index (χ0v) is 15.3. The summed E-state index contributed by atoms with van der Waals surface area (Å²) in [5.41, 5.74) is 0. The predicted molar refractivity (Wildman–Crippen MR) is 52.5 cm³/mol. The smallest absolute Gasteiger partial charge is 0.133 e. The van der Waals surface area contributed by atoms with Crippen LogP contribution in [0.3, 0.4) is 0 Å². The fourth-order valence-corrected chi connectivity index (χ4v) is 1.53. The van der Waals surface area contributed by atoms with E-state index in [4.69, 9.17) is 0 Å². The molecule has 0 N–H and O–H groups in total. The maximum absolute atomic E-state index is 11.3. The minimum absolute atomic E-state index is 0. The molecule has 0 aliphatic heterocycles. The molecule has 1 unspecified atom stereocenters. The summed E-state index contributed by atoms with van der Waals surface area (Å²) in [6.45, 7) is 3.97. The van der Waals surface area contributed by atoms with Crippen LogP contribution < -0.4 is 0 Å². The quantitative estimate of drug-likeness (QED) is 0.718. The Morgan fingerprint density at radius 3 is 2.36 bits per heavy atom. The van der Waals surface area contributed by atoms with Crippen LogP contribution in [0.15, 0.2) is 0 Å². The van der Waals surface area contributed by atoms with Gasteiger partial charge in [0.15, 0.2) is 0 Å². The van der Waals surface area contributed by atoms with Gasteiger partial charge in [-0.05, 0) is 6.42 Å². The summed E-state index contributed by atoms with van der Waals surface area (Å²) in [7, 11) is 0. The van der Waals surface area contributed by atoms with Crippen LogP contribution in [-0.2, 0) is 70.2 Å². The summed E-state index contributed by atoms with van der Waals surface area (Å²) < 4.78 is 0. The standard InChI is InChI=1S/C10H17O.CH3.2Y/c1-8(2)10(11)7-9-5-3-4-6-9;;;/h5,8-9H,3-4,6-7H2,1-2H3;1H3;;/q2*-1;;. The Kier molecular flexibility index (Phi) is 17.2. The fraction of sp³-hybridized carbons (Fsp3) is 0.727. The minimum Gasteiger partial charge on any atom is -0.358 e. The summed E-state index contributed by atoms with van der Waals surface area (Å²) in [4.78, 5) is 11.3. The third-order valence-electron chi connectivity index (χ3n) is 2.39. The molecule has 0 aromatic rings. The van der Waals surface area contributed by atoms with Crippen molar-refractivity contribution < 1.29 is 70.2 Å². The summed E-state index contributed by atoms with van der Waals surface area (Å²) in [6.07, 6.45) is 6.84. The van der Waals surface area contributed by atoms with E-state index in [0.717, 1.165) is 6.42 Å². The zero-order valence-electron chi connectivity index (χ0n) is 9.62. The van der Waals surface area contributed by atoms with Crippen LogP contribution in [0.1, 0.15) is 39.5 Å². The van der Waals surface area contributed by atoms with Crippen molar-refractivity contribution in [2.45, 2.75) is 39.5 Å². The second-order valence-electron chi connectivity index (χ2n) is 3.75. The summed E-state index contributed by atoms with van der Waals surface area (Å²) >= 11 is 0. The van der Waals surface area contributed by atoms with E-state index in [0.29, 0.717) is 11.7 Å². The fourth-order valence-electron chi connectivity index (χ4n) is 1.53. The number of hydrogen-bond donors (Lipinski definition) is 0.